The van der Waals surface area contributed by atoms with Crippen molar-refractivity contribution in [3.8, 4) is 0 Å². The summed E-state index contributed by atoms with van der Waals surface area (Å²) in [6.07, 6.45) is 15.1. The van der Waals surface area contributed by atoms with E-state index in [-0.39, 0.29) is 17.1 Å². The summed E-state index contributed by atoms with van der Waals surface area (Å²) in [5.41, 5.74) is 3.07. The van der Waals surface area contributed by atoms with Crippen LogP contribution in [0.4, 0.5) is 0 Å². The molecule has 9 heteroatoms. The van der Waals surface area contributed by atoms with Crippen molar-refractivity contribution in [3.63, 3.8) is 0 Å². The van der Waals surface area contributed by atoms with Gasteiger partial charge in [0, 0.05) is 71.8 Å². The number of hydrogen-bond donors (Lipinski definition) is 0. The van der Waals surface area contributed by atoms with Gasteiger partial charge in [0.2, 0.25) is 11.3 Å². The third-order valence-electron chi connectivity index (χ3n) is 8.05. The number of hydrogen-bond acceptors (Lipinski definition) is 4. The fourth-order valence-electron chi connectivity index (χ4n) is 6.12. The first-order chi connectivity index (χ1) is 22.8. The van der Waals surface area contributed by atoms with Crippen LogP contribution in [0.1, 0.15) is 22.3 Å². The van der Waals surface area contributed by atoms with Crippen LogP contribution in [0.2, 0.25) is 0 Å². The third-order valence-corrected chi connectivity index (χ3v) is 8.05. The monoisotopic (exact) mass is 663 g/mol. The summed E-state index contributed by atoms with van der Waals surface area (Å²) in [4.78, 5) is 0. The Morgan fingerprint density at radius 2 is 0.511 bits per heavy atom. The van der Waals surface area contributed by atoms with Gasteiger partial charge in [-0.25, -0.2) is 18.7 Å². The molecule has 0 unspecified atom stereocenters. The number of rotatable bonds is 8. The molecular formula is C38H32CuN8+. The van der Waals surface area contributed by atoms with Gasteiger partial charge >= 0.3 is 17.1 Å². The minimum absolute atomic E-state index is 0. The molecule has 0 radical (unpaired) electrons. The zero-order valence-electron chi connectivity index (χ0n) is 25.4. The first-order valence-electron chi connectivity index (χ1n) is 15.1. The van der Waals surface area contributed by atoms with Crippen molar-refractivity contribution >= 4 is 0 Å². The van der Waals surface area contributed by atoms with Gasteiger partial charge in [0.05, 0.1) is 0 Å². The van der Waals surface area contributed by atoms with E-state index < -0.39 is 11.3 Å². The van der Waals surface area contributed by atoms with E-state index in [9.17, 15) is 0 Å². The average Bonchev–Trinajstić information content (AvgIpc) is 3.98. The molecule has 0 spiro atoms. The molecule has 4 aromatic heterocycles. The number of nitrogens with zero attached hydrogens (tertiary/aromatic N) is 8. The maximum absolute atomic E-state index is 4.55. The van der Waals surface area contributed by atoms with Gasteiger partial charge in [-0.1, -0.05) is 121 Å². The Bertz CT molecular complexity index is 1710. The summed E-state index contributed by atoms with van der Waals surface area (Å²) < 4.78 is 7.80. The molecular weight excluding hydrogens is 632 g/mol. The molecule has 0 amide bonds. The molecule has 0 aliphatic carbocycles. The third kappa shape index (κ3) is 5.63. The Kier molecular flexibility index (Phi) is 9.38. The van der Waals surface area contributed by atoms with E-state index in [1.54, 1.807) is 24.8 Å². The van der Waals surface area contributed by atoms with E-state index in [2.05, 4.69) is 68.9 Å². The van der Waals surface area contributed by atoms with Crippen LogP contribution in [0.5, 0.6) is 0 Å². The zero-order valence-corrected chi connectivity index (χ0v) is 26.3. The molecule has 8 nitrogen and oxygen atoms in total. The van der Waals surface area contributed by atoms with Crippen molar-refractivity contribution in [1.29, 1.82) is 0 Å². The van der Waals surface area contributed by atoms with E-state index in [4.69, 9.17) is 0 Å². The SMILES string of the molecule is [Cu+].c1ccc(C(c2ccccc2)(n2cccn2)n2cccn2)cc1.c1ccc(C(c2ccccc2)(n2cccn2)n2cccn2)cc1. The molecule has 0 aliphatic rings. The largest absolute Gasteiger partial charge is 1.00 e. The molecule has 47 heavy (non-hydrogen) atoms. The molecule has 4 heterocycles. The Morgan fingerprint density at radius 3 is 0.681 bits per heavy atom. The Hall–Kier alpha value is -5.76. The van der Waals surface area contributed by atoms with Crippen LogP contribution in [-0.2, 0) is 28.4 Å². The molecule has 8 rings (SSSR count). The molecule has 0 fully saturated rings. The van der Waals surface area contributed by atoms with Crippen LogP contribution in [0.3, 0.4) is 0 Å². The second kappa shape index (κ2) is 14.1. The Labute approximate surface area is 284 Å². The number of aromatic nitrogens is 8. The Balaban J connectivity index is 0.000000161. The molecule has 0 bridgehead atoms. The molecule has 0 saturated heterocycles. The summed E-state index contributed by atoms with van der Waals surface area (Å²) >= 11 is 0. The minimum atomic E-state index is -0.657. The Morgan fingerprint density at radius 1 is 0.298 bits per heavy atom. The van der Waals surface area contributed by atoms with Crippen LogP contribution < -0.4 is 0 Å². The van der Waals surface area contributed by atoms with Gasteiger partial charge in [0.25, 0.3) is 0 Å². The fraction of sp³-hybridized carbons (Fsp3) is 0.0526. The van der Waals surface area contributed by atoms with Gasteiger partial charge < -0.3 is 0 Å². The van der Waals surface area contributed by atoms with Crippen LogP contribution in [0.15, 0.2) is 195 Å². The molecule has 0 aliphatic heterocycles. The molecule has 234 valence electrons. The predicted octanol–water partition coefficient (Wildman–Crippen LogP) is 6.75. The summed E-state index contributed by atoms with van der Waals surface area (Å²) in [6.45, 7) is 0. The second-order valence-corrected chi connectivity index (χ2v) is 10.6. The molecule has 0 saturated carbocycles. The van der Waals surface area contributed by atoms with Crippen molar-refractivity contribution < 1.29 is 17.1 Å². The van der Waals surface area contributed by atoms with E-state index >= 15 is 0 Å². The van der Waals surface area contributed by atoms with Gasteiger partial charge in [-0.05, 0) is 24.3 Å². The molecule has 8 aromatic rings. The van der Waals surface area contributed by atoms with Crippen LogP contribution in [0.25, 0.3) is 0 Å². The number of benzene rings is 4. The van der Waals surface area contributed by atoms with Crippen LogP contribution in [0, 0.1) is 0 Å². The standard InChI is InChI=1S/2C19H16N4.Cu/c2*1-3-9-17(10-4-1)19(22-15-7-13-20-22,23-16-8-14-21-23)18-11-5-2-6-12-18;/h2*1-16H;/q;;+1. The van der Waals surface area contributed by atoms with Crippen molar-refractivity contribution in [1.82, 2.24) is 39.1 Å². The predicted molar refractivity (Wildman–Crippen MR) is 178 cm³/mol. The van der Waals surface area contributed by atoms with Gasteiger partial charge in [0.15, 0.2) is 0 Å². The van der Waals surface area contributed by atoms with Gasteiger partial charge in [-0.2, -0.15) is 20.4 Å². The van der Waals surface area contributed by atoms with Crippen molar-refractivity contribution in [2.24, 2.45) is 0 Å². The maximum atomic E-state index is 4.55. The maximum Gasteiger partial charge on any atom is 1.00 e. The normalized spacial score (nSPS) is 11.2. The van der Waals surface area contributed by atoms with Gasteiger partial charge in [-0.15, -0.1) is 0 Å². The quantitative estimate of drug-likeness (QED) is 0.169. The summed E-state index contributed by atoms with van der Waals surface area (Å²) in [7, 11) is 0. The minimum Gasteiger partial charge on any atom is -0.237 e. The van der Waals surface area contributed by atoms with E-state index in [1.807, 2.05) is 141 Å². The fourth-order valence-corrected chi connectivity index (χ4v) is 6.12. The molecule has 0 N–H and O–H groups in total. The first-order valence-corrected chi connectivity index (χ1v) is 15.1. The zero-order chi connectivity index (χ0) is 31.1. The van der Waals surface area contributed by atoms with Crippen molar-refractivity contribution in [3.05, 3.63) is 217 Å². The second-order valence-electron chi connectivity index (χ2n) is 10.6. The first kappa shape index (κ1) is 31.2. The van der Waals surface area contributed by atoms with E-state index in [0.717, 1.165) is 22.3 Å². The molecule has 0 atom stereocenters. The van der Waals surface area contributed by atoms with Crippen molar-refractivity contribution in [2.75, 3.05) is 0 Å². The average molecular weight is 664 g/mol. The topological polar surface area (TPSA) is 71.3 Å². The summed E-state index contributed by atoms with van der Waals surface area (Å²) in [5, 5.41) is 18.2. The van der Waals surface area contributed by atoms with E-state index in [0.29, 0.717) is 0 Å². The van der Waals surface area contributed by atoms with Crippen LogP contribution >= 0.6 is 0 Å². The smallest absolute Gasteiger partial charge is 0.237 e. The van der Waals surface area contributed by atoms with Gasteiger partial charge in [0.1, 0.15) is 0 Å². The van der Waals surface area contributed by atoms with Gasteiger partial charge in [-0.3, -0.25) is 0 Å². The van der Waals surface area contributed by atoms with Crippen molar-refractivity contribution in [2.45, 2.75) is 11.3 Å². The van der Waals surface area contributed by atoms with Crippen LogP contribution in [-0.4, -0.2) is 39.1 Å². The summed E-state index contributed by atoms with van der Waals surface area (Å²) in [6, 6.07) is 49.0. The van der Waals surface area contributed by atoms with E-state index in [1.165, 1.54) is 0 Å². The molecule has 4 aromatic carbocycles. The summed E-state index contributed by atoms with van der Waals surface area (Å²) in [5.74, 6) is 0.